The fourth-order valence-corrected chi connectivity index (χ4v) is 3.97. The summed E-state index contributed by atoms with van der Waals surface area (Å²) in [6, 6.07) is 5.29. The number of hydrogen-bond donors (Lipinski definition) is 1. The Morgan fingerprint density at radius 3 is 2.76 bits per heavy atom. The number of nitrogens with zero attached hydrogens (tertiary/aromatic N) is 3. The molecule has 9 nitrogen and oxygen atoms in total. The van der Waals surface area contributed by atoms with Gasteiger partial charge in [0, 0.05) is 23.5 Å². The number of carbonyl (C=O) groups excluding carboxylic acids is 1. The van der Waals surface area contributed by atoms with Crippen LogP contribution < -0.4 is 26.0 Å². The molecule has 0 spiro atoms. The van der Waals surface area contributed by atoms with Crippen LogP contribution >= 0.6 is 11.5 Å². The number of para-hydroxylation sites is 1. The second-order valence-electron chi connectivity index (χ2n) is 6.75. The Balaban J connectivity index is 1.59. The molecule has 0 bridgehead atoms. The molecule has 1 fully saturated rings. The van der Waals surface area contributed by atoms with Crippen molar-refractivity contribution in [2.45, 2.75) is 32.0 Å². The van der Waals surface area contributed by atoms with Crippen LogP contribution in [0.1, 0.15) is 24.4 Å². The highest BCUT2D eigenvalue weighted by molar-refractivity contribution is 7.04. The van der Waals surface area contributed by atoms with Crippen molar-refractivity contribution in [1.29, 1.82) is 0 Å². The van der Waals surface area contributed by atoms with E-state index in [-0.39, 0.29) is 36.1 Å². The van der Waals surface area contributed by atoms with Gasteiger partial charge in [-0.2, -0.15) is 4.37 Å². The fraction of sp³-hybridized carbons (Fsp3) is 0.368. The van der Waals surface area contributed by atoms with E-state index in [4.69, 9.17) is 9.47 Å². The molecule has 0 atom stereocenters. The molecule has 1 N–H and O–H groups in total. The zero-order valence-corrected chi connectivity index (χ0v) is 16.8. The Morgan fingerprint density at radius 2 is 2.07 bits per heavy atom. The lowest BCUT2D eigenvalue weighted by Crippen LogP contribution is -2.42. The van der Waals surface area contributed by atoms with Crippen LogP contribution in [-0.4, -0.2) is 33.6 Å². The number of methoxy groups -OCH3 is 2. The van der Waals surface area contributed by atoms with Gasteiger partial charge >= 0.3 is 5.69 Å². The van der Waals surface area contributed by atoms with Gasteiger partial charge in [0.25, 0.3) is 5.56 Å². The Kier molecular flexibility index (Phi) is 5.10. The number of fused-ring (bicyclic) bond motifs is 1. The van der Waals surface area contributed by atoms with Gasteiger partial charge in [0.15, 0.2) is 17.0 Å². The molecule has 2 heterocycles. The minimum atomic E-state index is -0.473. The summed E-state index contributed by atoms with van der Waals surface area (Å²) in [5.74, 6) is 0.752. The molecule has 1 saturated carbocycles. The molecule has 0 radical (unpaired) electrons. The maximum atomic E-state index is 12.9. The Labute approximate surface area is 169 Å². The van der Waals surface area contributed by atoms with Crippen LogP contribution in [0.5, 0.6) is 11.5 Å². The van der Waals surface area contributed by atoms with E-state index in [1.54, 1.807) is 24.6 Å². The number of nitrogens with one attached hydrogen (secondary N) is 1. The standard InChI is InChI=1S/C19H20N4O5S/c1-27-14-5-3-4-11(17(14)28-2)8-20-15(24)9-22-13-10-29-21-16(13)18(25)23(19(22)26)12-6-7-12/h3-5,10,12H,6-9H2,1-2H3,(H,20,24). The lowest BCUT2D eigenvalue weighted by Gasteiger charge is -2.14. The van der Waals surface area contributed by atoms with Gasteiger partial charge in [-0.3, -0.25) is 18.7 Å². The molecule has 152 valence electrons. The van der Waals surface area contributed by atoms with Crippen LogP contribution in [0.25, 0.3) is 11.0 Å². The molecule has 0 saturated heterocycles. The van der Waals surface area contributed by atoms with Crippen molar-refractivity contribution in [2.24, 2.45) is 0 Å². The van der Waals surface area contributed by atoms with Crippen LogP contribution in [0.2, 0.25) is 0 Å². The van der Waals surface area contributed by atoms with Gasteiger partial charge in [0.2, 0.25) is 5.91 Å². The highest BCUT2D eigenvalue weighted by Gasteiger charge is 2.29. The molecule has 1 aliphatic rings. The number of amides is 1. The molecule has 3 aromatic rings. The van der Waals surface area contributed by atoms with E-state index in [9.17, 15) is 14.4 Å². The van der Waals surface area contributed by atoms with E-state index in [0.717, 1.165) is 29.9 Å². The molecule has 1 aromatic carbocycles. The van der Waals surface area contributed by atoms with E-state index in [2.05, 4.69) is 9.69 Å². The minimum Gasteiger partial charge on any atom is -0.493 e. The van der Waals surface area contributed by atoms with E-state index in [1.165, 1.54) is 16.2 Å². The Morgan fingerprint density at radius 1 is 1.28 bits per heavy atom. The van der Waals surface area contributed by atoms with Crippen molar-refractivity contribution in [3.63, 3.8) is 0 Å². The van der Waals surface area contributed by atoms with Crippen LogP contribution in [-0.2, 0) is 17.9 Å². The zero-order chi connectivity index (χ0) is 20.5. The predicted molar refractivity (Wildman–Crippen MR) is 108 cm³/mol. The predicted octanol–water partition coefficient (Wildman–Crippen LogP) is 1.29. The lowest BCUT2D eigenvalue weighted by atomic mass is 10.2. The van der Waals surface area contributed by atoms with Crippen molar-refractivity contribution < 1.29 is 14.3 Å². The molecule has 4 rings (SSSR count). The third-order valence-electron chi connectivity index (χ3n) is 4.87. The summed E-state index contributed by atoms with van der Waals surface area (Å²) in [5, 5.41) is 4.42. The molecule has 2 aromatic heterocycles. The highest BCUT2D eigenvalue weighted by Crippen LogP contribution is 2.32. The van der Waals surface area contributed by atoms with Crippen molar-refractivity contribution in [3.05, 3.63) is 50.0 Å². The topological polar surface area (TPSA) is 104 Å². The largest absolute Gasteiger partial charge is 0.493 e. The normalized spacial score (nSPS) is 13.4. The van der Waals surface area contributed by atoms with Crippen molar-refractivity contribution in [2.75, 3.05) is 14.2 Å². The summed E-state index contributed by atoms with van der Waals surface area (Å²) < 4.78 is 17.3. The number of rotatable bonds is 7. The van der Waals surface area contributed by atoms with Crippen molar-refractivity contribution in [3.8, 4) is 11.5 Å². The highest BCUT2D eigenvalue weighted by atomic mass is 32.1. The Hall–Kier alpha value is -3.14. The lowest BCUT2D eigenvalue weighted by molar-refractivity contribution is -0.121. The number of benzene rings is 1. The van der Waals surface area contributed by atoms with Crippen LogP contribution in [0.15, 0.2) is 33.2 Å². The smallest absolute Gasteiger partial charge is 0.332 e. The van der Waals surface area contributed by atoms with Crippen LogP contribution in [0.3, 0.4) is 0 Å². The molecular weight excluding hydrogens is 396 g/mol. The monoisotopic (exact) mass is 416 g/mol. The number of aromatic nitrogens is 3. The van der Waals surface area contributed by atoms with E-state index in [0.29, 0.717) is 17.0 Å². The molecule has 0 aliphatic heterocycles. The van der Waals surface area contributed by atoms with E-state index < -0.39 is 5.69 Å². The second kappa shape index (κ2) is 7.70. The second-order valence-corrected chi connectivity index (χ2v) is 7.38. The first-order chi connectivity index (χ1) is 14.0. The number of carbonyl (C=O) groups is 1. The van der Waals surface area contributed by atoms with Crippen molar-refractivity contribution >= 4 is 28.5 Å². The van der Waals surface area contributed by atoms with Gasteiger partial charge in [0.05, 0.1) is 19.7 Å². The fourth-order valence-electron chi connectivity index (χ4n) is 3.30. The van der Waals surface area contributed by atoms with E-state index in [1.807, 2.05) is 6.07 Å². The minimum absolute atomic E-state index is 0.101. The average Bonchev–Trinajstić information content (AvgIpc) is 3.43. The average molecular weight is 416 g/mol. The maximum absolute atomic E-state index is 12.9. The summed E-state index contributed by atoms with van der Waals surface area (Å²) >= 11 is 1.09. The third kappa shape index (κ3) is 3.51. The van der Waals surface area contributed by atoms with Gasteiger partial charge < -0.3 is 14.8 Å². The summed E-state index contributed by atoms with van der Waals surface area (Å²) in [7, 11) is 3.08. The summed E-state index contributed by atoms with van der Waals surface area (Å²) in [4.78, 5) is 38.0. The molecule has 0 unspecified atom stereocenters. The number of hydrogen-bond acceptors (Lipinski definition) is 7. The van der Waals surface area contributed by atoms with Gasteiger partial charge in [-0.15, -0.1) is 0 Å². The van der Waals surface area contributed by atoms with Crippen LogP contribution in [0, 0.1) is 0 Å². The van der Waals surface area contributed by atoms with E-state index >= 15 is 0 Å². The first kappa shape index (κ1) is 19.2. The van der Waals surface area contributed by atoms with Gasteiger partial charge in [0.1, 0.15) is 6.54 Å². The summed E-state index contributed by atoms with van der Waals surface area (Å²) in [6.45, 7) is 0.00822. The first-order valence-electron chi connectivity index (χ1n) is 9.11. The third-order valence-corrected chi connectivity index (χ3v) is 5.49. The zero-order valence-electron chi connectivity index (χ0n) is 16.0. The molecule has 1 aliphatic carbocycles. The molecule has 10 heteroatoms. The number of ether oxygens (including phenoxy) is 2. The SMILES string of the molecule is COc1cccc(CNC(=O)Cn2c(=O)n(C3CC3)c(=O)c3nscc32)c1OC. The summed E-state index contributed by atoms with van der Waals surface area (Å²) in [6.07, 6.45) is 1.57. The molecule has 1 amide bonds. The first-order valence-corrected chi connectivity index (χ1v) is 9.94. The van der Waals surface area contributed by atoms with Crippen molar-refractivity contribution in [1.82, 2.24) is 18.8 Å². The van der Waals surface area contributed by atoms with Gasteiger partial charge in [-0.1, -0.05) is 12.1 Å². The van der Waals surface area contributed by atoms with Gasteiger partial charge in [-0.05, 0) is 30.4 Å². The quantitative estimate of drug-likeness (QED) is 0.622. The van der Waals surface area contributed by atoms with Crippen LogP contribution in [0.4, 0.5) is 0 Å². The molecule has 29 heavy (non-hydrogen) atoms. The van der Waals surface area contributed by atoms with Gasteiger partial charge in [-0.25, -0.2) is 4.79 Å². The molecular formula is C19H20N4O5S. The summed E-state index contributed by atoms with van der Waals surface area (Å²) in [5.41, 5.74) is 0.503. The maximum Gasteiger partial charge on any atom is 0.332 e. The Bertz CT molecular complexity index is 1190.